The topological polar surface area (TPSA) is 137 Å². The van der Waals surface area contributed by atoms with Crippen LogP contribution >= 0.6 is 0 Å². The number of hydrogen-bond acceptors (Lipinski definition) is 9. The van der Waals surface area contributed by atoms with E-state index in [1.807, 2.05) is 0 Å². The lowest BCUT2D eigenvalue weighted by Gasteiger charge is -2.43. The van der Waals surface area contributed by atoms with Crippen LogP contribution in [-0.2, 0) is 38.1 Å². The number of amides is 1. The molecule has 0 bridgehead atoms. The van der Waals surface area contributed by atoms with Gasteiger partial charge in [-0.1, -0.05) is 0 Å². The second-order valence-electron chi connectivity index (χ2n) is 5.24. The zero-order valence-electron chi connectivity index (χ0n) is 13.8. The van der Waals surface area contributed by atoms with E-state index >= 15 is 0 Å². The maximum atomic E-state index is 11.4. The van der Waals surface area contributed by atoms with E-state index in [0.717, 1.165) is 13.8 Å². The Hall–Kier alpha value is -2.20. The zero-order chi connectivity index (χ0) is 18.4. The molecule has 0 aromatic rings. The van der Waals surface area contributed by atoms with E-state index < -0.39 is 54.5 Å². The van der Waals surface area contributed by atoms with Gasteiger partial charge in [0.2, 0.25) is 5.91 Å². The van der Waals surface area contributed by atoms with Crippen LogP contribution in [0.4, 0.5) is 0 Å². The molecule has 10 nitrogen and oxygen atoms in total. The molecular formula is C14H21NO9. The van der Waals surface area contributed by atoms with Crippen molar-refractivity contribution in [3.05, 3.63) is 0 Å². The Morgan fingerprint density at radius 2 is 1.50 bits per heavy atom. The number of aliphatic hydroxyl groups excluding tert-OH is 1. The molecule has 0 radical (unpaired) electrons. The highest BCUT2D eigenvalue weighted by molar-refractivity contribution is 5.73. The quantitative estimate of drug-likeness (QED) is 0.456. The molecule has 10 heteroatoms. The number of carbonyl (C=O) groups excluding carboxylic acids is 4. The summed E-state index contributed by atoms with van der Waals surface area (Å²) in [5.74, 6) is -2.54. The zero-order valence-corrected chi connectivity index (χ0v) is 13.8. The van der Waals surface area contributed by atoms with Crippen molar-refractivity contribution in [2.45, 2.75) is 58.3 Å². The number of aliphatic hydroxyl groups is 1. The molecule has 1 aliphatic rings. The first-order valence-corrected chi connectivity index (χ1v) is 7.20. The molecule has 0 aromatic heterocycles. The van der Waals surface area contributed by atoms with Crippen molar-refractivity contribution in [1.29, 1.82) is 0 Å². The highest BCUT2D eigenvalue weighted by atomic mass is 16.7. The summed E-state index contributed by atoms with van der Waals surface area (Å²) in [4.78, 5) is 45.0. The Morgan fingerprint density at radius 3 is 1.96 bits per heavy atom. The molecule has 0 aliphatic carbocycles. The molecule has 0 aromatic carbocycles. The standard InChI is InChI=1S/C14H21NO9/c1-6(16)15-11-13(23-9(4)19)12(22-8(3)18)10(24-14(11)20)5-21-7(2)17/h10-14,20H,5H2,1-4H3,(H,15,16)/t10-,11-,12+,13-,14-/m1/s1. The van der Waals surface area contributed by atoms with Crippen molar-refractivity contribution in [2.75, 3.05) is 6.61 Å². The minimum Gasteiger partial charge on any atom is -0.463 e. The molecule has 1 saturated heterocycles. The van der Waals surface area contributed by atoms with Crippen LogP contribution in [0, 0.1) is 0 Å². The smallest absolute Gasteiger partial charge is 0.303 e. The maximum absolute atomic E-state index is 11.4. The van der Waals surface area contributed by atoms with Gasteiger partial charge in [-0.05, 0) is 0 Å². The summed E-state index contributed by atoms with van der Waals surface area (Å²) < 4.78 is 20.3. The van der Waals surface area contributed by atoms with Gasteiger partial charge in [0, 0.05) is 27.7 Å². The Labute approximate surface area is 138 Å². The van der Waals surface area contributed by atoms with Gasteiger partial charge in [-0.25, -0.2) is 0 Å². The largest absolute Gasteiger partial charge is 0.463 e. The average molecular weight is 347 g/mol. The molecule has 1 rings (SSSR count). The van der Waals surface area contributed by atoms with Crippen LogP contribution in [0.15, 0.2) is 0 Å². The Bertz CT molecular complexity index is 506. The molecule has 0 saturated carbocycles. The van der Waals surface area contributed by atoms with Gasteiger partial charge in [-0.2, -0.15) is 0 Å². The predicted octanol–water partition coefficient (Wildman–Crippen LogP) is -1.37. The van der Waals surface area contributed by atoms with Crippen molar-refractivity contribution in [3.8, 4) is 0 Å². The molecule has 1 fully saturated rings. The minimum absolute atomic E-state index is 0.338. The van der Waals surface area contributed by atoms with Gasteiger partial charge in [0.15, 0.2) is 18.5 Å². The Morgan fingerprint density at radius 1 is 0.958 bits per heavy atom. The normalized spacial score (nSPS) is 29.3. The summed E-state index contributed by atoms with van der Waals surface area (Å²) in [7, 11) is 0. The predicted molar refractivity (Wildman–Crippen MR) is 76.2 cm³/mol. The number of ether oxygens (including phenoxy) is 4. The van der Waals surface area contributed by atoms with Gasteiger partial charge < -0.3 is 29.4 Å². The van der Waals surface area contributed by atoms with Crippen LogP contribution in [0.2, 0.25) is 0 Å². The average Bonchev–Trinajstić information content (AvgIpc) is 2.42. The number of nitrogens with one attached hydrogen (secondary N) is 1. The first kappa shape index (κ1) is 19.8. The van der Waals surface area contributed by atoms with Crippen LogP contribution in [-0.4, -0.2) is 66.2 Å². The molecule has 1 aliphatic heterocycles. The summed E-state index contributed by atoms with van der Waals surface area (Å²) in [6.07, 6.45) is -5.06. The molecule has 136 valence electrons. The fourth-order valence-electron chi connectivity index (χ4n) is 2.31. The van der Waals surface area contributed by atoms with Gasteiger partial charge in [-0.15, -0.1) is 0 Å². The van der Waals surface area contributed by atoms with E-state index in [9.17, 15) is 24.3 Å². The lowest BCUT2D eigenvalue weighted by atomic mass is 9.96. The van der Waals surface area contributed by atoms with E-state index in [0.29, 0.717) is 0 Å². The minimum atomic E-state index is -1.56. The van der Waals surface area contributed by atoms with Gasteiger partial charge in [0.25, 0.3) is 0 Å². The molecule has 0 unspecified atom stereocenters. The van der Waals surface area contributed by atoms with Crippen LogP contribution in [0.1, 0.15) is 27.7 Å². The van der Waals surface area contributed by atoms with E-state index in [-0.39, 0.29) is 6.61 Å². The van der Waals surface area contributed by atoms with Gasteiger partial charge in [0.1, 0.15) is 18.8 Å². The Balaban J connectivity index is 3.11. The van der Waals surface area contributed by atoms with E-state index in [4.69, 9.17) is 18.9 Å². The molecule has 0 spiro atoms. The second kappa shape index (κ2) is 8.60. The van der Waals surface area contributed by atoms with Crippen molar-refractivity contribution in [3.63, 3.8) is 0 Å². The number of hydrogen-bond donors (Lipinski definition) is 2. The maximum Gasteiger partial charge on any atom is 0.303 e. The number of carbonyl (C=O) groups is 4. The summed E-state index contributed by atoms with van der Waals surface area (Å²) in [5.41, 5.74) is 0. The molecular weight excluding hydrogens is 326 g/mol. The molecule has 1 amide bonds. The van der Waals surface area contributed by atoms with E-state index in [1.54, 1.807) is 0 Å². The van der Waals surface area contributed by atoms with Crippen LogP contribution < -0.4 is 5.32 Å². The third kappa shape index (κ3) is 5.78. The van der Waals surface area contributed by atoms with Crippen molar-refractivity contribution < 1.29 is 43.2 Å². The third-order valence-corrected chi connectivity index (χ3v) is 3.09. The number of esters is 3. The summed E-state index contributed by atoms with van der Waals surface area (Å²) in [6.45, 7) is 4.28. The number of rotatable bonds is 5. The fraction of sp³-hybridized carbons (Fsp3) is 0.714. The van der Waals surface area contributed by atoms with Crippen molar-refractivity contribution in [2.24, 2.45) is 0 Å². The monoisotopic (exact) mass is 347 g/mol. The molecule has 1 heterocycles. The summed E-state index contributed by atoms with van der Waals surface area (Å²) >= 11 is 0. The van der Waals surface area contributed by atoms with Crippen LogP contribution in [0.3, 0.4) is 0 Å². The van der Waals surface area contributed by atoms with E-state index in [1.165, 1.54) is 13.8 Å². The highest BCUT2D eigenvalue weighted by Crippen LogP contribution is 2.26. The van der Waals surface area contributed by atoms with Gasteiger partial charge in [0.05, 0.1) is 0 Å². The van der Waals surface area contributed by atoms with Gasteiger partial charge >= 0.3 is 17.9 Å². The summed E-state index contributed by atoms with van der Waals surface area (Å²) in [5, 5.41) is 12.5. The van der Waals surface area contributed by atoms with Crippen molar-refractivity contribution >= 4 is 23.8 Å². The SMILES string of the molecule is CC(=O)N[C@@H]1[C@@H](OC(C)=O)[C@@H](OC(C)=O)[C@@H](COC(C)=O)O[C@H]1O. The third-order valence-electron chi connectivity index (χ3n) is 3.09. The Kier molecular flexibility index (Phi) is 7.11. The summed E-state index contributed by atoms with van der Waals surface area (Å²) in [6, 6.07) is -1.16. The first-order valence-electron chi connectivity index (χ1n) is 7.20. The van der Waals surface area contributed by atoms with Gasteiger partial charge in [-0.3, -0.25) is 19.2 Å². The molecule has 5 atom stereocenters. The molecule has 2 N–H and O–H groups in total. The van der Waals surface area contributed by atoms with Crippen LogP contribution in [0.5, 0.6) is 0 Å². The lowest BCUT2D eigenvalue weighted by Crippen LogP contribution is -2.66. The first-order chi connectivity index (χ1) is 11.1. The van der Waals surface area contributed by atoms with E-state index in [2.05, 4.69) is 5.32 Å². The molecule has 24 heavy (non-hydrogen) atoms. The highest BCUT2D eigenvalue weighted by Gasteiger charge is 2.50. The van der Waals surface area contributed by atoms with Crippen molar-refractivity contribution in [1.82, 2.24) is 5.32 Å². The van der Waals surface area contributed by atoms with Crippen LogP contribution in [0.25, 0.3) is 0 Å². The lowest BCUT2D eigenvalue weighted by molar-refractivity contribution is -0.264. The fourth-order valence-corrected chi connectivity index (χ4v) is 2.31. The second-order valence-corrected chi connectivity index (χ2v) is 5.24.